The van der Waals surface area contributed by atoms with E-state index in [1.165, 1.54) is 10.9 Å². The summed E-state index contributed by atoms with van der Waals surface area (Å²) in [4.78, 5) is 26.1. The number of hydrogen-bond acceptors (Lipinski definition) is 4. The molecule has 0 spiro atoms. The van der Waals surface area contributed by atoms with E-state index >= 15 is 0 Å². The van der Waals surface area contributed by atoms with Crippen molar-refractivity contribution in [2.24, 2.45) is 0 Å². The molecule has 1 aliphatic rings. The predicted octanol–water partition coefficient (Wildman–Crippen LogP) is 3.84. The Morgan fingerprint density at radius 3 is 2.48 bits per heavy atom. The first-order chi connectivity index (χ1) is 15.3. The smallest absolute Gasteiger partial charge is 0.224 e. The van der Waals surface area contributed by atoms with Crippen molar-refractivity contribution < 1.29 is 4.79 Å². The van der Waals surface area contributed by atoms with Crippen LogP contribution in [0.1, 0.15) is 6.42 Å². The molecule has 5 rings (SSSR count). The number of amides is 1. The monoisotopic (exact) mass is 411 g/mol. The van der Waals surface area contributed by atoms with E-state index < -0.39 is 0 Å². The number of nitrogens with zero attached hydrogens (tertiary/aromatic N) is 5. The van der Waals surface area contributed by atoms with E-state index in [4.69, 9.17) is 4.98 Å². The van der Waals surface area contributed by atoms with Gasteiger partial charge in [0.15, 0.2) is 5.82 Å². The predicted molar refractivity (Wildman–Crippen MR) is 123 cm³/mol. The molecule has 3 heterocycles. The highest BCUT2D eigenvalue weighted by atomic mass is 16.2. The van der Waals surface area contributed by atoms with E-state index in [0.29, 0.717) is 13.0 Å². The molecule has 6 nitrogen and oxygen atoms in total. The van der Waals surface area contributed by atoms with Crippen LogP contribution in [-0.4, -0.2) is 51.5 Å². The molecule has 0 unspecified atom stereocenters. The first kappa shape index (κ1) is 19.3. The van der Waals surface area contributed by atoms with Crippen molar-refractivity contribution in [3.05, 3.63) is 79.1 Å². The molecule has 2 aromatic carbocycles. The molecule has 1 fully saturated rings. The third-order valence-corrected chi connectivity index (χ3v) is 5.88. The summed E-state index contributed by atoms with van der Waals surface area (Å²) in [6.07, 6.45) is 4.39. The molecule has 31 heavy (non-hydrogen) atoms. The van der Waals surface area contributed by atoms with Gasteiger partial charge in [-0.25, -0.2) is 9.97 Å². The summed E-state index contributed by atoms with van der Waals surface area (Å²) < 4.78 is 2.16. The normalized spacial score (nSPS) is 14.2. The minimum atomic E-state index is 0.213. The fourth-order valence-electron chi connectivity index (χ4n) is 4.15. The van der Waals surface area contributed by atoms with Gasteiger partial charge in [-0.15, -0.1) is 0 Å². The molecule has 6 heteroatoms. The Bertz CT molecular complexity index is 1180. The maximum atomic E-state index is 12.8. The molecule has 0 atom stereocenters. The largest absolute Gasteiger partial charge is 0.353 e. The SMILES string of the molecule is O=C(CCn1ccc2ccccc21)N1CCN(c2ccnc(-c3ccccc3)n2)CC1. The number of fused-ring (bicyclic) bond motifs is 1. The van der Waals surface area contributed by atoms with Crippen molar-refractivity contribution in [1.82, 2.24) is 19.4 Å². The maximum absolute atomic E-state index is 12.8. The van der Waals surface area contributed by atoms with E-state index in [9.17, 15) is 4.79 Å². The lowest BCUT2D eigenvalue weighted by Crippen LogP contribution is -2.49. The summed E-state index contributed by atoms with van der Waals surface area (Å²) in [5, 5.41) is 1.21. The van der Waals surface area contributed by atoms with Crippen LogP contribution in [0, 0.1) is 0 Å². The van der Waals surface area contributed by atoms with Gasteiger partial charge < -0.3 is 14.4 Å². The lowest BCUT2D eigenvalue weighted by Gasteiger charge is -2.35. The topological polar surface area (TPSA) is 54.3 Å². The molecule has 0 N–H and O–H groups in total. The number of carbonyl (C=O) groups excluding carboxylic acids is 1. The van der Waals surface area contributed by atoms with Crippen molar-refractivity contribution in [3.63, 3.8) is 0 Å². The standard InChI is InChI=1S/C25H25N5O/c31-24(12-15-28-14-11-20-6-4-5-9-22(20)28)30-18-16-29(17-19-30)23-10-13-26-25(27-23)21-7-2-1-3-8-21/h1-11,13-14H,12,15-19H2. The van der Waals surface area contributed by atoms with Crippen molar-refractivity contribution in [2.75, 3.05) is 31.1 Å². The van der Waals surface area contributed by atoms with Gasteiger partial charge in [-0.1, -0.05) is 48.5 Å². The Balaban J connectivity index is 1.18. The highest BCUT2D eigenvalue weighted by Gasteiger charge is 2.22. The molecule has 1 saturated heterocycles. The summed E-state index contributed by atoms with van der Waals surface area (Å²) in [5.74, 6) is 1.86. The van der Waals surface area contributed by atoms with Crippen molar-refractivity contribution in [3.8, 4) is 11.4 Å². The Kier molecular flexibility index (Phi) is 5.35. The Labute approximate surface area is 181 Å². The second-order valence-electron chi connectivity index (χ2n) is 7.79. The van der Waals surface area contributed by atoms with Crippen LogP contribution >= 0.6 is 0 Å². The minimum Gasteiger partial charge on any atom is -0.353 e. The van der Waals surface area contributed by atoms with Gasteiger partial charge in [0.25, 0.3) is 0 Å². The number of hydrogen-bond donors (Lipinski definition) is 0. The van der Waals surface area contributed by atoms with Crippen LogP contribution in [0.5, 0.6) is 0 Å². The molecule has 4 aromatic rings. The highest BCUT2D eigenvalue weighted by Crippen LogP contribution is 2.20. The number of para-hydroxylation sites is 1. The van der Waals surface area contributed by atoms with Crippen LogP contribution < -0.4 is 4.90 Å². The van der Waals surface area contributed by atoms with E-state index in [2.05, 4.69) is 38.8 Å². The molecule has 1 aliphatic heterocycles. The highest BCUT2D eigenvalue weighted by molar-refractivity contribution is 5.80. The number of aryl methyl sites for hydroxylation is 1. The summed E-state index contributed by atoms with van der Waals surface area (Å²) in [5.41, 5.74) is 2.19. The molecule has 2 aromatic heterocycles. The second-order valence-corrected chi connectivity index (χ2v) is 7.79. The van der Waals surface area contributed by atoms with Gasteiger partial charge in [0, 0.05) is 62.6 Å². The average molecular weight is 412 g/mol. The van der Waals surface area contributed by atoms with Gasteiger partial charge >= 0.3 is 0 Å². The lowest BCUT2D eigenvalue weighted by atomic mass is 10.2. The van der Waals surface area contributed by atoms with Crippen LogP contribution in [-0.2, 0) is 11.3 Å². The van der Waals surface area contributed by atoms with Crippen molar-refractivity contribution in [1.29, 1.82) is 0 Å². The molecular formula is C25H25N5O. The number of rotatable bonds is 5. The summed E-state index contributed by atoms with van der Waals surface area (Å²) in [7, 11) is 0. The van der Waals surface area contributed by atoms with Gasteiger partial charge in [-0.2, -0.15) is 0 Å². The van der Waals surface area contributed by atoms with Crippen LogP contribution in [0.25, 0.3) is 22.3 Å². The summed E-state index contributed by atoms with van der Waals surface area (Å²) in [6, 6.07) is 22.3. The zero-order chi connectivity index (χ0) is 21.0. The minimum absolute atomic E-state index is 0.213. The second kappa shape index (κ2) is 8.60. The molecule has 0 radical (unpaired) electrons. The van der Waals surface area contributed by atoms with Crippen LogP contribution in [0.3, 0.4) is 0 Å². The number of anilines is 1. The van der Waals surface area contributed by atoms with Crippen LogP contribution in [0.2, 0.25) is 0 Å². The Hall–Kier alpha value is -3.67. The maximum Gasteiger partial charge on any atom is 0.224 e. The fraction of sp³-hybridized carbons (Fsp3) is 0.240. The molecule has 0 saturated carbocycles. The zero-order valence-electron chi connectivity index (χ0n) is 17.4. The quantitative estimate of drug-likeness (QED) is 0.501. The zero-order valence-corrected chi connectivity index (χ0v) is 17.4. The average Bonchev–Trinajstić information content (AvgIpc) is 3.26. The van der Waals surface area contributed by atoms with E-state index in [1.807, 2.05) is 59.6 Å². The van der Waals surface area contributed by atoms with E-state index in [0.717, 1.165) is 43.4 Å². The molecular weight excluding hydrogens is 386 g/mol. The Morgan fingerprint density at radius 1 is 0.871 bits per heavy atom. The summed E-state index contributed by atoms with van der Waals surface area (Å²) >= 11 is 0. The van der Waals surface area contributed by atoms with Gasteiger partial charge in [-0.05, 0) is 23.6 Å². The first-order valence-electron chi connectivity index (χ1n) is 10.7. The first-order valence-corrected chi connectivity index (χ1v) is 10.7. The number of benzene rings is 2. The van der Waals surface area contributed by atoms with E-state index in [1.54, 1.807) is 0 Å². The van der Waals surface area contributed by atoms with Gasteiger partial charge in [0.05, 0.1) is 0 Å². The van der Waals surface area contributed by atoms with Gasteiger partial charge in [-0.3, -0.25) is 4.79 Å². The van der Waals surface area contributed by atoms with Crippen molar-refractivity contribution >= 4 is 22.6 Å². The van der Waals surface area contributed by atoms with E-state index in [-0.39, 0.29) is 5.91 Å². The fourth-order valence-corrected chi connectivity index (χ4v) is 4.15. The summed E-state index contributed by atoms with van der Waals surface area (Å²) in [6.45, 7) is 3.71. The number of carbonyl (C=O) groups is 1. The molecule has 1 amide bonds. The number of piperazine rings is 1. The van der Waals surface area contributed by atoms with Crippen LogP contribution in [0.4, 0.5) is 5.82 Å². The molecule has 156 valence electrons. The van der Waals surface area contributed by atoms with Gasteiger partial charge in [0.1, 0.15) is 5.82 Å². The third-order valence-electron chi connectivity index (χ3n) is 5.88. The van der Waals surface area contributed by atoms with Gasteiger partial charge in [0.2, 0.25) is 5.91 Å². The third kappa shape index (κ3) is 4.14. The van der Waals surface area contributed by atoms with Crippen LogP contribution in [0.15, 0.2) is 79.1 Å². The molecule has 0 aliphatic carbocycles. The lowest BCUT2D eigenvalue weighted by molar-refractivity contribution is -0.131. The Morgan fingerprint density at radius 2 is 1.65 bits per heavy atom. The van der Waals surface area contributed by atoms with Crippen molar-refractivity contribution in [2.45, 2.75) is 13.0 Å². The number of aromatic nitrogens is 3. The molecule has 0 bridgehead atoms.